The summed E-state index contributed by atoms with van der Waals surface area (Å²) in [6.07, 6.45) is 7.31. The molecule has 0 aromatic heterocycles. The van der Waals surface area contributed by atoms with Crippen molar-refractivity contribution in [1.29, 1.82) is 0 Å². The van der Waals surface area contributed by atoms with Crippen LogP contribution >= 0.6 is 0 Å². The minimum absolute atomic E-state index is 1.11. The van der Waals surface area contributed by atoms with E-state index in [4.69, 9.17) is 0 Å². The molecular formula is C66H57NSi3. The molecule has 0 unspecified atom stereocenters. The minimum atomic E-state index is -1.97. The Morgan fingerprint density at radius 3 is 0.743 bits per heavy atom. The largest absolute Gasteiger partial charge is 0.311 e. The first-order valence-corrected chi connectivity index (χ1v) is 33.8. The summed E-state index contributed by atoms with van der Waals surface area (Å²) >= 11 is 0. The monoisotopic (exact) mass is 947 g/mol. The quantitative estimate of drug-likeness (QED) is 0.150. The molecule has 0 saturated heterocycles. The van der Waals surface area contributed by atoms with Crippen LogP contribution in [0.4, 0.5) is 17.1 Å². The Bertz CT molecular complexity index is 3230. The summed E-state index contributed by atoms with van der Waals surface area (Å²) in [6, 6.07) is 82.5. The van der Waals surface area contributed by atoms with Crippen LogP contribution in [-0.2, 0) is 0 Å². The lowest BCUT2D eigenvalue weighted by Crippen LogP contribution is -2.54. The fourth-order valence-electron chi connectivity index (χ4n) is 12.0. The topological polar surface area (TPSA) is 3.24 Å². The SMILES string of the molecule is C[Si]1(C)c2ccccc2C=C(c2ccc(N(c3ccc(C4=Cc5ccccc5[Si](C)(C)c5ccccc54)cc3)c3ccc(C4=Cc5ccccc5[Si](C)(C)c5ccccc54)cc3)cc2)c2ccccc21. The van der Waals surface area contributed by atoms with Crippen molar-refractivity contribution in [3.05, 3.63) is 268 Å². The second-order valence-corrected chi connectivity index (χ2v) is 33.9. The van der Waals surface area contributed by atoms with Crippen LogP contribution in [0.1, 0.15) is 50.1 Å². The van der Waals surface area contributed by atoms with Crippen LogP contribution < -0.4 is 36.0 Å². The van der Waals surface area contributed by atoms with Gasteiger partial charge in [-0.3, -0.25) is 0 Å². The zero-order valence-corrected chi connectivity index (χ0v) is 44.0. The third kappa shape index (κ3) is 7.24. The third-order valence-corrected chi connectivity index (χ3v) is 26.5. The van der Waals surface area contributed by atoms with Crippen molar-refractivity contribution in [1.82, 2.24) is 0 Å². The van der Waals surface area contributed by atoms with Crippen LogP contribution in [-0.4, -0.2) is 24.2 Å². The van der Waals surface area contributed by atoms with Gasteiger partial charge in [0.25, 0.3) is 0 Å². The fourth-order valence-corrected chi connectivity index (χ4v) is 21.3. The lowest BCUT2D eigenvalue weighted by molar-refractivity contribution is 1.28. The maximum atomic E-state index is 2.50. The molecule has 0 amide bonds. The summed E-state index contributed by atoms with van der Waals surface area (Å²) in [4.78, 5) is 2.43. The Labute approximate surface area is 417 Å². The highest BCUT2D eigenvalue weighted by Crippen LogP contribution is 2.40. The zero-order valence-electron chi connectivity index (χ0n) is 41.0. The van der Waals surface area contributed by atoms with Gasteiger partial charge in [0.15, 0.2) is 0 Å². The molecule has 338 valence electrons. The van der Waals surface area contributed by atoms with Gasteiger partial charge in [0.05, 0.1) is 0 Å². The average molecular weight is 948 g/mol. The number of hydrogen-bond acceptors (Lipinski definition) is 1. The van der Waals surface area contributed by atoms with Crippen LogP contribution in [0.15, 0.2) is 218 Å². The van der Waals surface area contributed by atoms with Gasteiger partial charge in [0, 0.05) is 17.1 Å². The van der Waals surface area contributed by atoms with Gasteiger partial charge in [-0.1, -0.05) is 221 Å². The minimum Gasteiger partial charge on any atom is -0.311 e. The standard InChI is InChI=1S/C66H57NSi3/c1-68(2)61-25-13-7-19-49(61)43-58(55-22-10-16-28-64(55)68)46-31-37-52(38-32-46)67(53-39-33-47(34-40-53)59-44-50-20-8-14-26-62(50)69(3,4)65-29-17-11-23-56(59)65)54-41-35-48(36-42-54)60-45-51-21-9-15-27-63(51)70(5,6)66-30-18-12-24-57(60)66/h7-45H,1-6H3. The normalized spacial score (nSPS) is 15.6. The van der Waals surface area contributed by atoms with Gasteiger partial charge in [-0.25, -0.2) is 0 Å². The van der Waals surface area contributed by atoms with E-state index >= 15 is 0 Å². The van der Waals surface area contributed by atoms with E-state index in [1.54, 1.807) is 0 Å². The average Bonchev–Trinajstić information content (AvgIpc) is 3.62. The van der Waals surface area contributed by atoms with Crippen LogP contribution in [0.5, 0.6) is 0 Å². The Morgan fingerprint density at radius 2 is 0.471 bits per heavy atom. The smallest absolute Gasteiger partial charge is 0.113 e. The highest BCUT2D eigenvalue weighted by atomic mass is 28.3. The lowest BCUT2D eigenvalue weighted by Gasteiger charge is -2.28. The second-order valence-electron chi connectivity index (χ2n) is 20.9. The first-order chi connectivity index (χ1) is 34.0. The van der Waals surface area contributed by atoms with Gasteiger partial charge < -0.3 is 4.90 Å². The number of benzene rings is 9. The highest BCUT2D eigenvalue weighted by molar-refractivity contribution is 7.02. The molecule has 4 heteroatoms. The van der Waals surface area contributed by atoms with Crippen molar-refractivity contribution in [2.75, 3.05) is 4.90 Å². The molecule has 9 aromatic carbocycles. The first-order valence-electron chi connectivity index (χ1n) is 24.8. The molecule has 0 aliphatic carbocycles. The van der Waals surface area contributed by atoms with Gasteiger partial charge >= 0.3 is 0 Å². The lowest BCUT2D eigenvalue weighted by atomic mass is 9.94. The third-order valence-electron chi connectivity index (χ3n) is 15.8. The molecular weight excluding hydrogens is 891 g/mol. The van der Waals surface area contributed by atoms with Crippen molar-refractivity contribution in [2.45, 2.75) is 39.3 Å². The molecule has 9 aromatic rings. The summed E-state index contributed by atoms with van der Waals surface area (Å²) in [5.41, 5.74) is 18.9. The Balaban J connectivity index is 0.981. The summed E-state index contributed by atoms with van der Waals surface area (Å²) < 4.78 is 0. The molecule has 3 heterocycles. The molecule has 0 N–H and O–H groups in total. The molecule has 0 spiro atoms. The molecule has 0 saturated carbocycles. The van der Waals surface area contributed by atoms with Gasteiger partial charge in [0.2, 0.25) is 0 Å². The summed E-state index contributed by atoms with van der Waals surface area (Å²) in [6.45, 7) is 15.0. The van der Waals surface area contributed by atoms with Gasteiger partial charge in [-0.15, -0.1) is 0 Å². The van der Waals surface area contributed by atoms with E-state index in [0.717, 1.165) is 17.1 Å². The maximum Gasteiger partial charge on any atom is 0.113 e. The zero-order chi connectivity index (χ0) is 47.8. The van der Waals surface area contributed by atoms with Crippen molar-refractivity contribution in [3.63, 3.8) is 0 Å². The van der Waals surface area contributed by atoms with Crippen molar-refractivity contribution in [3.8, 4) is 0 Å². The van der Waals surface area contributed by atoms with Crippen LogP contribution in [0.25, 0.3) is 34.9 Å². The predicted molar refractivity (Wildman–Crippen MR) is 311 cm³/mol. The summed E-state index contributed by atoms with van der Waals surface area (Å²) in [7, 11) is -5.90. The molecule has 12 rings (SSSR count). The maximum absolute atomic E-state index is 2.50. The van der Waals surface area contributed by atoms with Crippen molar-refractivity contribution < 1.29 is 0 Å². The molecule has 0 radical (unpaired) electrons. The fraction of sp³-hybridized carbons (Fsp3) is 0.0909. The Hall–Kier alpha value is -7.35. The summed E-state index contributed by atoms with van der Waals surface area (Å²) in [5, 5.41) is 8.92. The molecule has 3 aliphatic heterocycles. The Kier molecular flexibility index (Phi) is 10.6. The van der Waals surface area contributed by atoms with E-state index in [0.29, 0.717) is 0 Å². The van der Waals surface area contributed by atoms with Gasteiger partial charge in [-0.05, 0) is 153 Å². The molecule has 70 heavy (non-hydrogen) atoms. The van der Waals surface area contributed by atoms with Crippen molar-refractivity contribution in [2.24, 2.45) is 0 Å². The van der Waals surface area contributed by atoms with Crippen LogP contribution in [0.3, 0.4) is 0 Å². The van der Waals surface area contributed by atoms with Gasteiger partial charge in [-0.2, -0.15) is 0 Å². The highest BCUT2D eigenvalue weighted by Gasteiger charge is 2.36. The number of anilines is 3. The van der Waals surface area contributed by atoms with E-state index in [1.807, 2.05) is 0 Å². The number of rotatable bonds is 6. The van der Waals surface area contributed by atoms with E-state index in [-0.39, 0.29) is 0 Å². The number of nitrogens with zero attached hydrogens (tertiary/aromatic N) is 1. The van der Waals surface area contributed by atoms with Crippen LogP contribution in [0.2, 0.25) is 39.3 Å². The molecule has 0 bridgehead atoms. The molecule has 1 nitrogen and oxygen atoms in total. The number of hydrogen-bond donors (Lipinski definition) is 0. The molecule has 0 atom stereocenters. The Morgan fingerprint density at radius 1 is 0.243 bits per heavy atom. The summed E-state index contributed by atoms with van der Waals surface area (Å²) in [5.74, 6) is 0. The van der Waals surface area contributed by atoms with E-state index in [2.05, 4.69) is 281 Å². The predicted octanol–water partition coefficient (Wildman–Crippen LogP) is 13.3. The number of fused-ring (bicyclic) bond motifs is 6. The molecule has 3 aliphatic rings. The van der Waals surface area contributed by atoms with E-state index < -0.39 is 24.2 Å². The first kappa shape index (κ1) is 43.9. The van der Waals surface area contributed by atoms with Crippen LogP contribution in [0, 0.1) is 0 Å². The second kappa shape index (κ2) is 17.0. The van der Waals surface area contributed by atoms with E-state index in [1.165, 1.54) is 97.9 Å². The van der Waals surface area contributed by atoms with Crippen molar-refractivity contribution >= 4 is 107 Å². The molecule has 0 fully saturated rings. The van der Waals surface area contributed by atoms with Gasteiger partial charge in [0.1, 0.15) is 24.2 Å². The van der Waals surface area contributed by atoms with E-state index in [9.17, 15) is 0 Å².